The molecule has 0 aliphatic carbocycles. The van der Waals surface area contributed by atoms with Gasteiger partial charge in [-0.2, -0.15) is 0 Å². The van der Waals surface area contributed by atoms with Gasteiger partial charge in [-0.3, -0.25) is 0 Å². The molecule has 5 nitrogen and oxygen atoms in total. The van der Waals surface area contributed by atoms with Crippen molar-refractivity contribution in [2.45, 2.75) is 25.5 Å². The highest BCUT2D eigenvalue weighted by molar-refractivity contribution is 5.38. The highest BCUT2D eigenvalue weighted by atomic mass is 16.5. The summed E-state index contributed by atoms with van der Waals surface area (Å²) in [6.45, 7) is 3.51. The van der Waals surface area contributed by atoms with Crippen LogP contribution in [0.3, 0.4) is 0 Å². The van der Waals surface area contributed by atoms with Crippen LogP contribution in [0, 0.1) is 0 Å². The van der Waals surface area contributed by atoms with E-state index in [1.165, 1.54) is 5.56 Å². The Morgan fingerprint density at radius 2 is 2.33 bits per heavy atom. The maximum absolute atomic E-state index is 5.93. The standard InChI is InChI=1S/C16H21N3O2/c1-12(11-20-2)19-8-7-17-16(19)18-10-14-9-13-5-3-4-6-15(13)21-14/h3-8,12,14H,9-11H2,1-2H3,(H,17,18). The van der Waals surface area contributed by atoms with Gasteiger partial charge in [0.2, 0.25) is 5.95 Å². The highest BCUT2D eigenvalue weighted by Gasteiger charge is 2.22. The number of aromatic nitrogens is 2. The molecule has 1 aliphatic heterocycles. The van der Waals surface area contributed by atoms with Crippen molar-refractivity contribution in [3.05, 3.63) is 42.2 Å². The van der Waals surface area contributed by atoms with E-state index in [0.717, 1.165) is 24.7 Å². The summed E-state index contributed by atoms with van der Waals surface area (Å²) in [4.78, 5) is 4.37. The van der Waals surface area contributed by atoms with Crippen LogP contribution in [0.25, 0.3) is 0 Å². The molecule has 2 heterocycles. The summed E-state index contributed by atoms with van der Waals surface area (Å²) in [6.07, 6.45) is 4.87. The van der Waals surface area contributed by atoms with Crippen molar-refractivity contribution in [1.29, 1.82) is 0 Å². The first-order valence-corrected chi connectivity index (χ1v) is 7.28. The third-order valence-corrected chi connectivity index (χ3v) is 3.75. The summed E-state index contributed by atoms with van der Waals surface area (Å²) in [5, 5.41) is 3.38. The van der Waals surface area contributed by atoms with Crippen LogP contribution in [0.4, 0.5) is 5.95 Å². The Hall–Kier alpha value is -2.01. The number of imidazole rings is 1. The molecule has 21 heavy (non-hydrogen) atoms. The average molecular weight is 287 g/mol. The van der Waals surface area contributed by atoms with E-state index in [9.17, 15) is 0 Å². The van der Waals surface area contributed by atoms with Crippen molar-refractivity contribution in [2.24, 2.45) is 0 Å². The van der Waals surface area contributed by atoms with E-state index in [-0.39, 0.29) is 12.1 Å². The Morgan fingerprint density at radius 1 is 1.48 bits per heavy atom. The molecule has 0 saturated carbocycles. The fourth-order valence-corrected chi connectivity index (χ4v) is 2.70. The smallest absolute Gasteiger partial charge is 0.203 e. The lowest BCUT2D eigenvalue weighted by atomic mass is 10.1. The molecule has 2 unspecified atom stereocenters. The van der Waals surface area contributed by atoms with E-state index in [0.29, 0.717) is 6.61 Å². The van der Waals surface area contributed by atoms with Crippen molar-refractivity contribution in [3.63, 3.8) is 0 Å². The first-order chi connectivity index (χ1) is 10.3. The van der Waals surface area contributed by atoms with E-state index >= 15 is 0 Å². The molecule has 0 amide bonds. The molecule has 1 N–H and O–H groups in total. The van der Waals surface area contributed by atoms with Gasteiger partial charge in [0.05, 0.1) is 19.2 Å². The van der Waals surface area contributed by atoms with Crippen LogP contribution in [0.2, 0.25) is 0 Å². The molecule has 112 valence electrons. The van der Waals surface area contributed by atoms with Gasteiger partial charge in [-0.05, 0) is 18.6 Å². The predicted molar refractivity (Wildman–Crippen MR) is 81.9 cm³/mol. The van der Waals surface area contributed by atoms with Gasteiger partial charge in [0.15, 0.2) is 0 Å². The van der Waals surface area contributed by atoms with Gasteiger partial charge in [-0.1, -0.05) is 18.2 Å². The summed E-state index contributed by atoms with van der Waals surface area (Å²) in [5.74, 6) is 1.86. The minimum atomic E-state index is 0.158. The van der Waals surface area contributed by atoms with Crippen molar-refractivity contribution in [2.75, 3.05) is 25.6 Å². The van der Waals surface area contributed by atoms with Gasteiger partial charge < -0.3 is 19.4 Å². The first-order valence-electron chi connectivity index (χ1n) is 7.28. The normalized spacial score (nSPS) is 18.1. The number of methoxy groups -OCH3 is 1. The Labute approximate surface area is 124 Å². The highest BCUT2D eigenvalue weighted by Crippen LogP contribution is 2.28. The van der Waals surface area contributed by atoms with Crippen LogP contribution >= 0.6 is 0 Å². The molecule has 0 saturated heterocycles. The Kier molecular flexibility index (Phi) is 4.10. The lowest BCUT2D eigenvalue weighted by Crippen LogP contribution is -2.26. The number of anilines is 1. The minimum absolute atomic E-state index is 0.158. The van der Waals surface area contributed by atoms with E-state index in [2.05, 4.69) is 33.9 Å². The van der Waals surface area contributed by atoms with Crippen LogP contribution in [-0.2, 0) is 11.2 Å². The third-order valence-electron chi connectivity index (χ3n) is 3.75. The van der Waals surface area contributed by atoms with Crippen LogP contribution < -0.4 is 10.1 Å². The number of hydrogen-bond donors (Lipinski definition) is 1. The molecule has 3 rings (SSSR count). The van der Waals surface area contributed by atoms with Gasteiger partial charge >= 0.3 is 0 Å². The molecular weight excluding hydrogens is 266 g/mol. The number of rotatable bonds is 6. The lowest BCUT2D eigenvalue weighted by Gasteiger charge is -2.17. The molecule has 0 radical (unpaired) electrons. The van der Waals surface area contributed by atoms with Gasteiger partial charge in [-0.15, -0.1) is 0 Å². The van der Waals surface area contributed by atoms with Crippen LogP contribution in [-0.4, -0.2) is 35.9 Å². The summed E-state index contributed by atoms with van der Waals surface area (Å²) in [6, 6.07) is 8.46. The number of ether oxygens (including phenoxy) is 2. The summed E-state index contributed by atoms with van der Waals surface area (Å²) in [5.41, 5.74) is 1.28. The molecule has 0 spiro atoms. The lowest BCUT2D eigenvalue weighted by molar-refractivity contribution is 0.163. The van der Waals surface area contributed by atoms with Crippen molar-refractivity contribution in [1.82, 2.24) is 9.55 Å². The molecule has 2 atom stereocenters. The van der Waals surface area contributed by atoms with Crippen molar-refractivity contribution < 1.29 is 9.47 Å². The second-order valence-electron chi connectivity index (χ2n) is 5.40. The zero-order valence-electron chi connectivity index (χ0n) is 12.5. The monoisotopic (exact) mass is 287 g/mol. The topological polar surface area (TPSA) is 48.3 Å². The SMILES string of the molecule is COCC(C)n1ccnc1NCC1Cc2ccccc2O1. The Morgan fingerprint density at radius 3 is 3.14 bits per heavy atom. The summed E-state index contributed by atoms with van der Waals surface area (Å²) >= 11 is 0. The fraction of sp³-hybridized carbons (Fsp3) is 0.438. The van der Waals surface area contributed by atoms with Crippen molar-refractivity contribution in [3.8, 4) is 5.75 Å². The van der Waals surface area contributed by atoms with E-state index in [4.69, 9.17) is 9.47 Å². The van der Waals surface area contributed by atoms with E-state index < -0.39 is 0 Å². The average Bonchev–Trinajstić information content (AvgIpc) is 3.11. The fourth-order valence-electron chi connectivity index (χ4n) is 2.70. The molecule has 2 aromatic rings. The second kappa shape index (κ2) is 6.18. The Balaban J connectivity index is 1.59. The van der Waals surface area contributed by atoms with Crippen LogP contribution in [0.15, 0.2) is 36.7 Å². The number of fused-ring (bicyclic) bond motifs is 1. The number of hydrogen-bond acceptors (Lipinski definition) is 4. The number of nitrogens with zero attached hydrogens (tertiary/aromatic N) is 2. The van der Waals surface area contributed by atoms with Gasteiger partial charge in [-0.25, -0.2) is 4.98 Å². The van der Waals surface area contributed by atoms with Crippen LogP contribution in [0.5, 0.6) is 5.75 Å². The number of benzene rings is 1. The maximum atomic E-state index is 5.93. The molecular formula is C16H21N3O2. The minimum Gasteiger partial charge on any atom is -0.488 e. The second-order valence-corrected chi connectivity index (χ2v) is 5.40. The van der Waals surface area contributed by atoms with Gasteiger partial charge in [0.1, 0.15) is 11.9 Å². The quantitative estimate of drug-likeness (QED) is 0.887. The zero-order chi connectivity index (χ0) is 14.7. The van der Waals surface area contributed by atoms with E-state index in [1.54, 1.807) is 13.3 Å². The third kappa shape index (κ3) is 3.03. The van der Waals surface area contributed by atoms with Crippen molar-refractivity contribution >= 4 is 5.95 Å². The Bertz CT molecular complexity index is 572. The largest absolute Gasteiger partial charge is 0.488 e. The van der Waals surface area contributed by atoms with E-state index in [1.807, 2.05) is 18.3 Å². The molecule has 1 aromatic carbocycles. The predicted octanol–water partition coefficient (Wildman–Crippen LogP) is 2.51. The number of para-hydroxylation sites is 1. The summed E-state index contributed by atoms with van der Waals surface area (Å²) < 4.78 is 13.2. The van der Waals surface area contributed by atoms with Gasteiger partial charge in [0, 0.05) is 25.9 Å². The summed E-state index contributed by atoms with van der Waals surface area (Å²) in [7, 11) is 1.71. The molecule has 0 fully saturated rings. The first kappa shape index (κ1) is 13.9. The number of nitrogens with one attached hydrogen (secondary N) is 1. The zero-order valence-corrected chi connectivity index (χ0v) is 12.5. The molecule has 0 bridgehead atoms. The van der Waals surface area contributed by atoms with Gasteiger partial charge in [0.25, 0.3) is 0 Å². The molecule has 5 heteroatoms. The van der Waals surface area contributed by atoms with Crippen LogP contribution in [0.1, 0.15) is 18.5 Å². The molecule has 1 aliphatic rings. The molecule has 1 aromatic heterocycles. The maximum Gasteiger partial charge on any atom is 0.203 e.